The summed E-state index contributed by atoms with van der Waals surface area (Å²) in [6, 6.07) is 15.6. The van der Waals surface area contributed by atoms with Gasteiger partial charge in [-0.05, 0) is 36.2 Å². The monoisotopic (exact) mass is 423 g/mol. The van der Waals surface area contributed by atoms with E-state index in [1.807, 2.05) is 36.4 Å². The van der Waals surface area contributed by atoms with Gasteiger partial charge in [0.2, 0.25) is 11.8 Å². The predicted octanol–water partition coefficient (Wildman–Crippen LogP) is 2.20. The topological polar surface area (TPSA) is 62.3 Å². The van der Waals surface area contributed by atoms with Crippen LogP contribution in [0.5, 0.6) is 11.5 Å². The van der Waals surface area contributed by atoms with Crippen molar-refractivity contribution in [1.29, 1.82) is 0 Å². The van der Waals surface area contributed by atoms with Crippen LogP contribution in [-0.2, 0) is 16.0 Å². The zero-order valence-electron chi connectivity index (χ0n) is 18.1. The quantitative estimate of drug-likeness (QED) is 0.637. The van der Waals surface area contributed by atoms with E-state index in [0.29, 0.717) is 24.5 Å². The van der Waals surface area contributed by atoms with E-state index in [9.17, 15) is 9.59 Å². The fourth-order valence-electron chi connectivity index (χ4n) is 4.39. The Bertz CT molecular complexity index is 926. The second-order valence-electron chi connectivity index (χ2n) is 7.90. The molecule has 2 aromatic carbocycles. The number of likely N-dealkylation sites (tertiary alicyclic amines) is 1. The van der Waals surface area contributed by atoms with Crippen LogP contribution in [0, 0.1) is 0 Å². The third-order valence-electron chi connectivity index (χ3n) is 6.17. The molecule has 2 aromatic rings. The highest BCUT2D eigenvalue weighted by Crippen LogP contribution is 2.28. The first-order valence-electron chi connectivity index (χ1n) is 10.7. The van der Waals surface area contributed by atoms with Crippen LogP contribution in [0.3, 0.4) is 0 Å². The van der Waals surface area contributed by atoms with E-state index < -0.39 is 0 Å². The van der Waals surface area contributed by atoms with Gasteiger partial charge in [-0.15, -0.1) is 0 Å². The van der Waals surface area contributed by atoms with Crippen molar-refractivity contribution in [2.24, 2.45) is 0 Å². The predicted molar refractivity (Wildman–Crippen MR) is 119 cm³/mol. The molecule has 1 atom stereocenters. The van der Waals surface area contributed by atoms with E-state index in [2.05, 4.69) is 21.9 Å². The number of rotatable bonds is 7. The van der Waals surface area contributed by atoms with Crippen molar-refractivity contribution in [2.45, 2.75) is 18.9 Å². The van der Waals surface area contributed by atoms with Crippen molar-refractivity contribution in [3.05, 3.63) is 54.1 Å². The lowest BCUT2D eigenvalue weighted by Crippen LogP contribution is -2.52. The van der Waals surface area contributed by atoms with Crippen molar-refractivity contribution in [3.8, 4) is 11.5 Å². The van der Waals surface area contributed by atoms with Crippen molar-refractivity contribution in [3.63, 3.8) is 0 Å². The van der Waals surface area contributed by atoms with Gasteiger partial charge in [0.15, 0.2) is 11.5 Å². The van der Waals surface area contributed by atoms with Crippen LogP contribution < -0.4 is 14.4 Å². The minimum Gasteiger partial charge on any atom is -0.493 e. The molecular formula is C24H29N3O4. The SMILES string of the molecule is COc1ccc(CCN2C(=O)CC(N3CCN(c4ccccc4)CC3)C2=O)cc1OC. The van der Waals surface area contributed by atoms with Crippen molar-refractivity contribution < 1.29 is 19.1 Å². The van der Waals surface area contributed by atoms with Crippen molar-refractivity contribution >= 4 is 17.5 Å². The summed E-state index contributed by atoms with van der Waals surface area (Å²) in [7, 11) is 3.19. The van der Waals surface area contributed by atoms with E-state index in [1.165, 1.54) is 10.6 Å². The lowest BCUT2D eigenvalue weighted by molar-refractivity contribution is -0.139. The van der Waals surface area contributed by atoms with E-state index in [4.69, 9.17) is 9.47 Å². The summed E-state index contributed by atoms with van der Waals surface area (Å²) in [5.41, 5.74) is 2.20. The van der Waals surface area contributed by atoms with Crippen LogP contribution in [0.15, 0.2) is 48.5 Å². The minimum atomic E-state index is -0.337. The van der Waals surface area contributed by atoms with Gasteiger partial charge in [-0.2, -0.15) is 0 Å². The molecule has 0 bridgehead atoms. The standard InChI is InChI=1S/C24H29N3O4/c1-30-21-9-8-18(16-22(21)31-2)10-11-27-23(28)17-20(24(27)29)26-14-12-25(13-15-26)19-6-4-3-5-7-19/h3-9,16,20H,10-15,17H2,1-2H3. The summed E-state index contributed by atoms with van der Waals surface area (Å²) in [5, 5.41) is 0. The molecule has 0 aliphatic carbocycles. The van der Waals surface area contributed by atoms with Gasteiger partial charge < -0.3 is 14.4 Å². The van der Waals surface area contributed by atoms with Crippen LogP contribution in [0.2, 0.25) is 0 Å². The molecule has 7 nitrogen and oxygen atoms in total. The molecule has 2 saturated heterocycles. The minimum absolute atomic E-state index is 0.0707. The highest BCUT2D eigenvalue weighted by atomic mass is 16.5. The fourth-order valence-corrected chi connectivity index (χ4v) is 4.39. The third kappa shape index (κ3) is 4.51. The molecule has 2 amide bonds. The molecular weight excluding hydrogens is 394 g/mol. The molecule has 0 spiro atoms. The first kappa shape index (κ1) is 21.2. The van der Waals surface area contributed by atoms with E-state index >= 15 is 0 Å². The fraction of sp³-hybridized carbons (Fsp3) is 0.417. The number of nitrogens with zero attached hydrogens (tertiary/aromatic N) is 3. The number of carbonyl (C=O) groups is 2. The smallest absolute Gasteiger partial charge is 0.247 e. The van der Waals surface area contributed by atoms with Crippen LogP contribution >= 0.6 is 0 Å². The molecule has 0 saturated carbocycles. The number of methoxy groups -OCH3 is 2. The number of carbonyl (C=O) groups excluding carboxylic acids is 2. The Hall–Kier alpha value is -3.06. The Morgan fingerprint density at radius 1 is 0.903 bits per heavy atom. The summed E-state index contributed by atoms with van der Waals surface area (Å²) in [6.07, 6.45) is 0.864. The number of amides is 2. The number of anilines is 1. The maximum absolute atomic E-state index is 13.0. The van der Waals surface area contributed by atoms with Crippen molar-refractivity contribution in [1.82, 2.24) is 9.80 Å². The average Bonchev–Trinajstić information content (AvgIpc) is 3.11. The zero-order chi connectivity index (χ0) is 21.8. The Kier molecular flexibility index (Phi) is 6.42. The Balaban J connectivity index is 1.34. The lowest BCUT2D eigenvalue weighted by Gasteiger charge is -2.38. The van der Waals surface area contributed by atoms with Crippen LogP contribution in [0.4, 0.5) is 5.69 Å². The van der Waals surface area contributed by atoms with Gasteiger partial charge in [-0.25, -0.2) is 0 Å². The van der Waals surface area contributed by atoms with Gasteiger partial charge in [0, 0.05) is 38.4 Å². The summed E-state index contributed by atoms with van der Waals surface area (Å²) >= 11 is 0. The summed E-state index contributed by atoms with van der Waals surface area (Å²) in [6.45, 7) is 3.65. The molecule has 2 heterocycles. The van der Waals surface area contributed by atoms with Gasteiger partial charge in [0.05, 0.1) is 26.7 Å². The third-order valence-corrected chi connectivity index (χ3v) is 6.17. The first-order chi connectivity index (χ1) is 15.1. The van der Waals surface area contributed by atoms with Gasteiger partial charge in [-0.3, -0.25) is 19.4 Å². The van der Waals surface area contributed by atoms with Gasteiger partial charge in [0.25, 0.3) is 0 Å². The summed E-state index contributed by atoms with van der Waals surface area (Å²) < 4.78 is 10.6. The lowest BCUT2D eigenvalue weighted by atomic mass is 10.1. The molecule has 0 aromatic heterocycles. The van der Waals surface area contributed by atoms with Crippen molar-refractivity contribution in [2.75, 3.05) is 51.8 Å². The Labute approximate surface area is 183 Å². The number of para-hydroxylation sites is 1. The molecule has 31 heavy (non-hydrogen) atoms. The number of piperazine rings is 1. The van der Waals surface area contributed by atoms with E-state index in [-0.39, 0.29) is 24.3 Å². The van der Waals surface area contributed by atoms with Crippen LogP contribution in [0.25, 0.3) is 0 Å². The van der Waals surface area contributed by atoms with Gasteiger partial charge >= 0.3 is 0 Å². The average molecular weight is 424 g/mol. The first-order valence-corrected chi connectivity index (χ1v) is 10.7. The van der Waals surface area contributed by atoms with Crippen LogP contribution in [0.1, 0.15) is 12.0 Å². The number of imide groups is 1. The summed E-state index contributed by atoms with van der Waals surface area (Å²) in [5.74, 6) is 1.15. The molecule has 0 N–H and O–H groups in total. The van der Waals surface area contributed by atoms with Gasteiger partial charge in [-0.1, -0.05) is 24.3 Å². The molecule has 2 aliphatic heterocycles. The number of hydrogen-bond acceptors (Lipinski definition) is 6. The number of benzene rings is 2. The van der Waals surface area contributed by atoms with E-state index in [0.717, 1.165) is 31.7 Å². The van der Waals surface area contributed by atoms with Gasteiger partial charge in [0.1, 0.15) is 0 Å². The Morgan fingerprint density at radius 2 is 1.61 bits per heavy atom. The second kappa shape index (κ2) is 9.39. The molecule has 7 heteroatoms. The molecule has 2 aliphatic rings. The highest BCUT2D eigenvalue weighted by molar-refractivity contribution is 6.05. The maximum Gasteiger partial charge on any atom is 0.247 e. The largest absolute Gasteiger partial charge is 0.493 e. The number of ether oxygens (including phenoxy) is 2. The number of hydrogen-bond donors (Lipinski definition) is 0. The zero-order valence-corrected chi connectivity index (χ0v) is 18.1. The highest BCUT2D eigenvalue weighted by Gasteiger charge is 2.42. The summed E-state index contributed by atoms with van der Waals surface area (Å²) in [4.78, 5) is 31.5. The molecule has 1 unspecified atom stereocenters. The second-order valence-corrected chi connectivity index (χ2v) is 7.90. The molecule has 4 rings (SSSR count). The van der Waals surface area contributed by atoms with Crippen LogP contribution in [-0.4, -0.2) is 74.6 Å². The molecule has 164 valence electrons. The van der Waals surface area contributed by atoms with E-state index in [1.54, 1.807) is 14.2 Å². The normalized spacial score (nSPS) is 19.7. The molecule has 0 radical (unpaired) electrons. The Morgan fingerprint density at radius 3 is 2.29 bits per heavy atom. The molecule has 2 fully saturated rings. The maximum atomic E-state index is 13.0.